The zero-order chi connectivity index (χ0) is 19.4. The molecular formula is C23H30O3S. The molecule has 0 aliphatic heterocycles. The Bertz CT molecular complexity index is 923. The summed E-state index contributed by atoms with van der Waals surface area (Å²) >= 11 is 0. The second kappa shape index (κ2) is 6.27. The SMILES string of the molecule is CC#C[C@@]1(C)CC[C@H]2[C@@H]3CCc4cc(OS(C)(=O)=O)ccc4[C@H]3CC[C@@]21C. The third kappa shape index (κ3) is 2.99. The Labute approximate surface area is 164 Å². The minimum atomic E-state index is -3.48. The molecule has 0 heterocycles. The molecule has 0 bridgehead atoms. The lowest BCUT2D eigenvalue weighted by atomic mass is 9.51. The Morgan fingerprint density at radius 1 is 1.15 bits per heavy atom. The van der Waals surface area contributed by atoms with Gasteiger partial charge in [-0.2, -0.15) is 8.42 Å². The summed E-state index contributed by atoms with van der Waals surface area (Å²) in [7, 11) is -3.48. The molecule has 3 aliphatic carbocycles. The quantitative estimate of drug-likeness (QED) is 0.536. The van der Waals surface area contributed by atoms with Gasteiger partial charge in [0.1, 0.15) is 5.75 Å². The Morgan fingerprint density at radius 2 is 1.93 bits per heavy atom. The van der Waals surface area contributed by atoms with Crippen molar-refractivity contribution in [2.75, 3.05) is 6.26 Å². The standard InChI is InChI=1S/C23H30O3S/c1-5-12-22(2)13-11-21-20-8-6-16-15-17(26-27(4,24)25)7-9-18(16)19(20)10-14-23(21,22)3/h7,9,15,19-21H,6,8,10-11,13-14H2,1-4H3/t19-,20-,21+,22+,23+/m1/s1. The van der Waals surface area contributed by atoms with E-state index < -0.39 is 10.1 Å². The first-order chi connectivity index (χ1) is 12.7. The van der Waals surface area contributed by atoms with Crippen LogP contribution in [0.2, 0.25) is 0 Å². The largest absolute Gasteiger partial charge is 0.383 e. The second-order valence-electron chi connectivity index (χ2n) is 9.27. The molecule has 5 atom stereocenters. The normalized spacial score (nSPS) is 37.4. The highest BCUT2D eigenvalue weighted by molar-refractivity contribution is 7.86. The van der Waals surface area contributed by atoms with E-state index in [0.29, 0.717) is 17.1 Å². The lowest BCUT2D eigenvalue weighted by Gasteiger charge is -2.53. The molecule has 146 valence electrons. The molecule has 3 aliphatic rings. The molecule has 4 heteroatoms. The van der Waals surface area contributed by atoms with E-state index in [1.165, 1.54) is 43.2 Å². The number of hydrogen-bond donors (Lipinski definition) is 0. The number of benzene rings is 1. The van der Waals surface area contributed by atoms with Crippen molar-refractivity contribution < 1.29 is 12.6 Å². The van der Waals surface area contributed by atoms with Gasteiger partial charge < -0.3 is 4.18 Å². The molecule has 1 aromatic rings. The summed E-state index contributed by atoms with van der Waals surface area (Å²) in [6, 6.07) is 5.90. The second-order valence-corrected chi connectivity index (χ2v) is 10.8. The molecule has 0 N–H and O–H groups in total. The molecular weight excluding hydrogens is 356 g/mol. The average Bonchev–Trinajstić information content (AvgIpc) is 2.85. The predicted molar refractivity (Wildman–Crippen MR) is 108 cm³/mol. The van der Waals surface area contributed by atoms with Crippen LogP contribution in [0.15, 0.2) is 18.2 Å². The van der Waals surface area contributed by atoms with Crippen LogP contribution in [0.1, 0.15) is 69.9 Å². The smallest absolute Gasteiger partial charge is 0.306 e. The van der Waals surface area contributed by atoms with Gasteiger partial charge in [0.15, 0.2) is 0 Å². The van der Waals surface area contributed by atoms with Crippen molar-refractivity contribution >= 4 is 10.1 Å². The summed E-state index contributed by atoms with van der Waals surface area (Å²) in [5.41, 5.74) is 3.15. The molecule has 27 heavy (non-hydrogen) atoms. The Balaban J connectivity index is 1.64. The zero-order valence-electron chi connectivity index (χ0n) is 16.8. The number of aryl methyl sites for hydroxylation is 1. The minimum Gasteiger partial charge on any atom is -0.383 e. The maximum atomic E-state index is 11.4. The van der Waals surface area contributed by atoms with Crippen molar-refractivity contribution in [3.63, 3.8) is 0 Å². The fraction of sp³-hybridized carbons (Fsp3) is 0.652. The van der Waals surface area contributed by atoms with E-state index in [0.717, 1.165) is 24.5 Å². The van der Waals surface area contributed by atoms with Gasteiger partial charge in [-0.3, -0.25) is 0 Å². The average molecular weight is 387 g/mol. The van der Waals surface area contributed by atoms with Crippen molar-refractivity contribution in [3.8, 4) is 17.6 Å². The molecule has 0 unspecified atom stereocenters. The summed E-state index contributed by atoms with van der Waals surface area (Å²) in [6.45, 7) is 6.85. The first kappa shape index (κ1) is 18.9. The van der Waals surface area contributed by atoms with Crippen molar-refractivity contribution in [3.05, 3.63) is 29.3 Å². The fourth-order valence-corrected chi connectivity index (χ4v) is 6.99. The van der Waals surface area contributed by atoms with E-state index in [-0.39, 0.29) is 5.41 Å². The van der Waals surface area contributed by atoms with Gasteiger partial charge in [0.2, 0.25) is 0 Å². The molecule has 0 spiro atoms. The van der Waals surface area contributed by atoms with Crippen LogP contribution < -0.4 is 4.18 Å². The first-order valence-electron chi connectivity index (χ1n) is 10.1. The molecule has 3 nitrogen and oxygen atoms in total. The van der Waals surface area contributed by atoms with Crippen LogP contribution in [-0.2, 0) is 16.5 Å². The molecule has 0 saturated heterocycles. The Morgan fingerprint density at radius 3 is 2.63 bits per heavy atom. The van der Waals surface area contributed by atoms with E-state index in [9.17, 15) is 8.42 Å². The van der Waals surface area contributed by atoms with Crippen LogP contribution in [0.5, 0.6) is 5.75 Å². The van der Waals surface area contributed by atoms with E-state index in [1.807, 2.05) is 19.1 Å². The van der Waals surface area contributed by atoms with Gasteiger partial charge in [-0.15, -0.1) is 5.92 Å². The van der Waals surface area contributed by atoms with Gasteiger partial charge in [-0.25, -0.2) is 0 Å². The maximum Gasteiger partial charge on any atom is 0.306 e. The molecule has 2 fully saturated rings. The summed E-state index contributed by atoms with van der Waals surface area (Å²) in [5, 5.41) is 0. The topological polar surface area (TPSA) is 43.4 Å². The Kier molecular flexibility index (Phi) is 4.38. The van der Waals surface area contributed by atoms with Crippen LogP contribution in [0.3, 0.4) is 0 Å². The highest BCUT2D eigenvalue weighted by Crippen LogP contribution is 2.67. The predicted octanol–water partition coefficient (Wildman–Crippen LogP) is 4.91. The van der Waals surface area contributed by atoms with Crippen LogP contribution in [-0.4, -0.2) is 14.7 Å². The van der Waals surface area contributed by atoms with Gasteiger partial charge in [0.25, 0.3) is 0 Å². The van der Waals surface area contributed by atoms with Gasteiger partial charge in [0, 0.05) is 5.41 Å². The summed E-state index contributed by atoms with van der Waals surface area (Å²) < 4.78 is 28.0. The summed E-state index contributed by atoms with van der Waals surface area (Å²) in [4.78, 5) is 0. The van der Waals surface area contributed by atoms with Crippen LogP contribution in [0, 0.1) is 34.5 Å². The zero-order valence-corrected chi connectivity index (χ0v) is 17.7. The molecule has 0 aromatic heterocycles. The van der Waals surface area contributed by atoms with Crippen molar-refractivity contribution in [1.29, 1.82) is 0 Å². The molecule has 0 amide bonds. The molecule has 0 radical (unpaired) electrons. The van der Waals surface area contributed by atoms with Crippen LogP contribution in [0.4, 0.5) is 0 Å². The Hall–Kier alpha value is -1.47. The maximum absolute atomic E-state index is 11.4. The lowest BCUT2D eigenvalue weighted by Crippen LogP contribution is -2.45. The van der Waals surface area contributed by atoms with Gasteiger partial charge in [0.05, 0.1) is 6.26 Å². The lowest BCUT2D eigenvalue weighted by molar-refractivity contribution is 0.00883. The number of fused-ring (bicyclic) bond motifs is 5. The van der Waals surface area contributed by atoms with Crippen molar-refractivity contribution in [2.45, 2.75) is 65.2 Å². The highest BCUT2D eigenvalue weighted by Gasteiger charge is 2.59. The molecule has 1 aromatic carbocycles. The number of rotatable bonds is 2. The minimum absolute atomic E-state index is 0.144. The van der Waals surface area contributed by atoms with Gasteiger partial charge in [-0.05, 0) is 98.8 Å². The van der Waals surface area contributed by atoms with Crippen LogP contribution >= 0.6 is 0 Å². The molecule has 4 rings (SSSR count). The van der Waals surface area contributed by atoms with Crippen LogP contribution in [0.25, 0.3) is 0 Å². The van der Waals surface area contributed by atoms with Gasteiger partial charge in [-0.1, -0.05) is 18.9 Å². The van der Waals surface area contributed by atoms with E-state index >= 15 is 0 Å². The summed E-state index contributed by atoms with van der Waals surface area (Å²) in [5.74, 6) is 9.29. The third-order valence-electron chi connectivity index (χ3n) is 7.95. The highest BCUT2D eigenvalue weighted by atomic mass is 32.2. The van der Waals surface area contributed by atoms with Crippen molar-refractivity contribution in [2.24, 2.45) is 22.7 Å². The summed E-state index contributed by atoms with van der Waals surface area (Å²) in [6.07, 6.45) is 8.24. The number of hydrogen-bond acceptors (Lipinski definition) is 3. The monoisotopic (exact) mass is 386 g/mol. The van der Waals surface area contributed by atoms with E-state index in [1.54, 1.807) is 0 Å². The first-order valence-corrected chi connectivity index (χ1v) is 11.9. The van der Waals surface area contributed by atoms with E-state index in [4.69, 9.17) is 4.18 Å². The molecule has 2 saturated carbocycles. The van der Waals surface area contributed by atoms with Crippen molar-refractivity contribution in [1.82, 2.24) is 0 Å². The van der Waals surface area contributed by atoms with E-state index in [2.05, 4.69) is 31.8 Å². The fourth-order valence-electron chi connectivity index (χ4n) is 6.53. The third-order valence-corrected chi connectivity index (χ3v) is 8.45. The van der Waals surface area contributed by atoms with Gasteiger partial charge >= 0.3 is 10.1 Å².